The van der Waals surface area contributed by atoms with Crippen LogP contribution in [0, 0.1) is 11.8 Å². The molecular weight excluding hydrogens is 1280 g/mol. The maximum atomic E-state index is 13.3. The van der Waals surface area contributed by atoms with E-state index in [1.165, 1.54) is 154 Å². The predicted molar refractivity (Wildman–Crippen MR) is 373 cm³/mol. The number of piperidine rings is 2. The number of carbonyl (C=O) groups is 4. The van der Waals surface area contributed by atoms with Crippen LogP contribution in [-0.4, -0.2) is 122 Å². The summed E-state index contributed by atoms with van der Waals surface area (Å²) in [5, 5.41) is 34.7. The molecular formula is C78H115IN2O12. The summed E-state index contributed by atoms with van der Waals surface area (Å²) in [6.45, 7) is 8.20. The first-order valence-electron chi connectivity index (χ1n) is 37.5. The lowest BCUT2D eigenvalue weighted by Gasteiger charge is -2.62. The van der Waals surface area contributed by atoms with Gasteiger partial charge in [0, 0.05) is 62.0 Å². The molecule has 2 spiro atoms. The molecule has 0 amide bonds. The third kappa shape index (κ3) is 16.8. The second-order valence-electron chi connectivity index (χ2n) is 29.5. The minimum absolute atomic E-state index is 0.00350. The summed E-state index contributed by atoms with van der Waals surface area (Å²) in [4.78, 5) is 54.5. The fourth-order valence-corrected chi connectivity index (χ4v) is 18.0. The number of ether oxygens (including phenoxy) is 5. The molecule has 10 aliphatic rings. The normalized spacial score (nSPS) is 27.6. The van der Waals surface area contributed by atoms with Crippen molar-refractivity contribution in [2.24, 2.45) is 11.8 Å². The topological polar surface area (TPSA) is 182 Å². The number of ketones is 2. The monoisotopic (exact) mass is 1400 g/mol. The zero-order valence-electron chi connectivity index (χ0n) is 56.9. The van der Waals surface area contributed by atoms with E-state index in [1.54, 1.807) is 6.07 Å². The van der Waals surface area contributed by atoms with E-state index < -0.39 is 34.2 Å². The van der Waals surface area contributed by atoms with Crippen molar-refractivity contribution < 1.29 is 58.2 Å². The summed E-state index contributed by atoms with van der Waals surface area (Å²) in [6, 6.07) is 7.65. The SMILES string of the molecule is CCCCCCCC/C=C/CCCCCCCC(=O)OCI.CCCCCCCC/C=C/CCCCCCCC(=O)OCOc1ccc2c3c1O[C@H]1C(=O)CC[C@@]4(O)C(C2)N(CC2CC2)CC[C@]314.O=C1CC[C@@]2(O)C3Cc4ccc(O)c5c4[C@@]2(CCN3CC2CC2)[C@H]1O5. The molecule has 2 unspecified atom stereocenters. The van der Waals surface area contributed by atoms with Gasteiger partial charge in [0.05, 0.1) is 22.0 Å². The molecule has 8 atom stereocenters. The number of allylic oxidation sites excluding steroid dienone is 4. The van der Waals surface area contributed by atoms with E-state index in [0.717, 1.165) is 118 Å². The van der Waals surface area contributed by atoms with Gasteiger partial charge in [0.15, 0.2) is 46.8 Å². The Morgan fingerprint density at radius 3 is 1.41 bits per heavy atom. The second kappa shape index (κ2) is 34.5. The van der Waals surface area contributed by atoms with Gasteiger partial charge < -0.3 is 39.0 Å². The maximum absolute atomic E-state index is 13.3. The van der Waals surface area contributed by atoms with Crippen molar-refractivity contribution >= 4 is 46.1 Å². The van der Waals surface area contributed by atoms with Crippen molar-refractivity contribution in [3.05, 3.63) is 70.8 Å². The number of unbranched alkanes of at least 4 members (excludes halogenated alkanes) is 22. The summed E-state index contributed by atoms with van der Waals surface area (Å²) in [6.07, 6.45) is 51.4. The number of benzene rings is 2. The molecule has 2 aromatic carbocycles. The predicted octanol–water partition coefficient (Wildman–Crippen LogP) is 16.2. The number of aromatic hydroxyl groups is 1. The molecule has 516 valence electrons. The molecule has 4 aliphatic heterocycles. The van der Waals surface area contributed by atoms with Gasteiger partial charge in [-0.1, -0.05) is 153 Å². The Kier molecular flexibility index (Phi) is 26.6. The number of halogens is 1. The zero-order valence-corrected chi connectivity index (χ0v) is 59.1. The van der Waals surface area contributed by atoms with Crippen LogP contribution in [0.15, 0.2) is 48.6 Å². The fraction of sp³-hybridized carbons (Fsp3) is 0.744. The molecule has 3 N–H and O–H groups in total. The molecule has 0 aromatic heterocycles. The highest BCUT2D eigenvalue weighted by atomic mass is 127. The lowest BCUT2D eigenvalue weighted by Crippen LogP contribution is -2.76. The summed E-state index contributed by atoms with van der Waals surface area (Å²) >= 11 is 2.06. The van der Waals surface area contributed by atoms with E-state index in [9.17, 15) is 34.5 Å². The maximum Gasteiger partial charge on any atom is 0.308 e. The van der Waals surface area contributed by atoms with Crippen molar-refractivity contribution in [3.8, 4) is 23.0 Å². The smallest absolute Gasteiger partial charge is 0.308 e. The van der Waals surface area contributed by atoms with Crippen molar-refractivity contribution in [2.75, 3.05) is 37.6 Å². The van der Waals surface area contributed by atoms with Crippen LogP contribution in [0.4, 0.5) is 0 Å². The summed E-state index contributed by atoms with van der Waals surface area (Å²) < 4.78 is 29.3. The van der Waals surface area contributed by atoms with E-state index >= 15 is 0 Å². The van der Waals surface area contributed by atoms with Crippen LogP contribution in [-0.2, 0) is 52.3 Å². The zero-order chi connectivity index (χ0) is 65.3. The van der Waals surface area contributed by atoms with Crippen molar-refractivity contribution in [3.63, 3.8) is 0 Å². The largest absolute Gasteiger partial charge is 0.504 e. The van der Waals surface area contributed by atoms with Crippen LogP contribution in [0.1, 0.15) is 280 Å². The van der Waals surface area contributed by atoms with E-state index in [0.29, 0.717) is 66.8 Å². The minimum atomic E-state index is -0.994. The molecule has 6 fully saturated rings. The standard InChI is InChI=1S/C39H57NO6.C20H23NO4.C19H35IO2/c1-2-3-4-5-6-7-8-9-10-11-12-13-14-15-16-17-34(42)45-28-44-32-21-20-30-26-33-39(43)23-22-31(41)37-38(39,35(30)36(32)46-37)24-25-40(33)27-29-18-19-29;22-13-4-3-12-9-15-20(24)6-5-14(23)18-19(20,16(12)17(13)25-18)7-8-21(15)10-11-1-2-11;1-2-3-4-5-6-7-8-9-10-11-12-13-14-15-16-17-19(21)22-18-20/h9-10,20-21,29,33,37,43H,2-8,11-19,22-28H2,1H3;3-4,11,15,18,22,24H,1-2,5-10H2;9-10H,2-8,11-18H2,1H3/b10-9+;;10-9+/t33?,37-,38-,39+;15?,18-,19-,20+;/m00./s1. The van der Waals surface area contributed by atoms with Gasteiger partial charge in [-0.05, 0) is 199 Å². The number of Topliss-reactive ketones (excluding diaryl/α,β-unsaturated/α-hetero) is 2. The van der Waals surface area contributed by atoms with E-state index in [1.807, 2.05) is 12.1 Å². The highest BCUT2D eigenvalue weighted by molar-refractivity contribution is 14.1. The second-order valence-corrected chi connectivity index (χ2v) is 30.1. The van der Waals surface area contributed by atoms with Crippen molar-refractivity contribution in [1.29, 1.82) is 0 Å². The number of nitrogens with zero attached hydrogens (tertiary/aromatic N) is 2. The highest BCUT2D eigenvalue weighted by Crippen LogP contribution is 2.67. The molecule has 15 heteroatoms. The molecule has 12 rings (SSSR count). The first-order valence-corrected chi connectivity index (χ1v) is 39.0. The molecule has 4 heterocycles. The Hall–Kier alpha value is -4.03. The average Bonchev–Trinajstić information content (AvgIpc) is 1.50. The number of rotatable bonds is 38. The van der Waals surface area contributed by atoms with Gasteiger partial charge in [-0.25, -0.2) is 0 Å². The van der Waals surface area contributed by atoms with E-state index in [2.05, 4.69) is 76.6 Å². The third-order valence-corrected chi connectivity index (χ3v) is 23.3. The number of carbonyl (C=O) groups excluding carboxylic acids is 4. The van der Waals surface area contributed by atoms with Gasteiger partial charge >= 0.3 is 11.9 Å². The van der Waals surface area contributed by atoms with Crippen LogP contribution in [0.25, 0.3) is 0 Å². The Morgan fingerprint density at radius 2 is 0.957 bits per heavy atom. The van der Waals surface area contributed by atoms with Gasteiger partial charge in [-0.3, -0.25) is 29.0 Å². The summed E-state index contributed by atoms with van der Waals surface area (Å²) in [7, 11) is 0. The van der Waals surface area contributed by atoms with Gasteiger partial charge in [0.1, 0.15) is 4.61 Å². The number of phenolic OH excluding ortho intramolecular Hbond substituents is 1. The van der Waals surface area contributed by atoms with Crippen LogP contribution in [0.3, 0.4) is 0 Å². The molecule has 2 aromatic rings. The molecule has 4 saturated carbocycles. The third-order valence-electron chi connectivity index (χ3n) is 23.0. The molecule has 2 saturated heterocycles. The van der Waals surface area contributed by atoms with E-state index in [4.69, 9.17) is 23.7 Å². The van der Waals surface area contributed by atoms with Gasteiger partial charge in [-0.2, -0.15) is 0 Å². The first-order chi connectivity index (χ1) is 45.3. The molecule has 14 nitrogen and oxygen atoms in total. The minimum Gasteiger partial charge on any atom is -0.504 e. The van der Waals surface area contributed by atoms with Gasteiger partial charge in [0.2, 0.25) is 6.79 Å². The van der Waals surface area contributed by atoms with Crippen LogP contribution < -0.4 is 14.2 Å². The number of aliphatic hydroxyl groups is 2. The molecule has 6 aliphatic carbocycles. The van der Waals surface area contributed by atoms with Crippen molar-refractivity contribution in [2.45, 2.75) is 317 Å². The van der Waals surface area contributed by atoms with Gasteiger partial charge in [0.25, 0.3) is 0 Å². The van der Waals surface area contributed by atoms with Gasteiger partial charge in [-0.15, -0.1) is 0 Å². The Morgan fingerprint density at radius 1 is 0.548 bits per heavy atom. The van der Waals surface area contributed by atoms with E-state index in [-0.39, 0.29) is 48.1 Å². The lowest BCUT2D eigenvalue weighted by molar-refractivity contribution is -0.188. The van der Waals surface area contributed by atoms with Crippen molar-refractivity contribution in [1.82, 2.24) is 9.80 Å². The number of alkyl halides is 1. The number of likely N-dealkylation sites (tertiary alicyclic amines) is 2. The number of esters is 2. The Bertz CT molecular complexity index is 2850. The quantitative estimate of drug-likeness (QED) is 0.0144. The van der Waals surface area contributed by atoms with Crippen LogP contribution >= 0.6 is 22.6 Å². The van der Waals surface area contributed by atoms with Crippen LogP contribution in [0.2, 0.25) is 0 Å². The number of hydrogen-bond donors (Lipinski definition) is 3. The molecule has 93 heavy (non-hydrogen) atoms. The molecule has 4 bridgehead atoms. The lowest BCUT2D eigenvalue weighted by atomic mass is 9.49. The average molecular weight is 1400 g/mol. The highest BCUT2D eigenvalue weighted by Gasteiger charge is 2.75. The summed E-state index contributed by atoms with van der Waals surface area (Å²) in [5.74, 6) is 2.96. The van der Waals surface area contributed by atoms with Crippen LogP contribution in [0.5, 0.6) is 23.0 Å². The number of hydrogen-bond acceptors (Lipinski definition) is 14. The Labute approximate surface area is 571 Å². The fourth-order valence-electron chi connectivity index (χ4n) is 17.7. The first kappa shape index (κ1) is 71.7. The molecule has 0 radical (unpaired) electrons. The number of phenols is 1. The Balaban J connectivity index is 0.000000169. The summed E-state index contributed by atoms with van der Waals surface area (Å²) in [5.41, 5.74) is 0.848.